The second kappa shape index (κ2) is 13.5. The van der Waals surface area contributed by atoms with Gasteiger partial charge in [-0.05, 0) is 42.3 Å². The Bertz CT molecular complexity index is 1990. The van der Waals surface area contributed by atoms with E-state index in [1.807, 2.05) is 6.07 Å². The van der Waals surface area contributed by atoms with E-state index in [0.717, 1.165) is 39.2 Å². The van der Waals surface area contributed by atoms with Gasteiger partial charge in [-0.2, -0.15) is 13.2 Å². The molecule has 1 atom stereocenters. The summed E-state index contributed by atoms with van der Waals surface area (Å²) in [7, 11) is -3.38. The molecule has 250 valence electrons. The van der Waals surface area contributed by atoms with Gasteiger partial charge < -0.3 is 10.6 Å². The first-order valence-corrected chi connectivity index (χ1v) is 16.8. The maximum absolute atomic E-state index is 15.0. The van der Waals surface area contributed by atoms with E-state index in [-0.39, 0.29) is 22.8 Å². The van der Waals surface area contributed by atoms with Gasteiger partial charge in [-0.1, -0.05) is 48.5 Å². The third kappa shape index (κ3) is 7.50. The van der Waals surface area contributed by atoms with Crippen LogP contribution in [0.1, 0.15) is 34.0 Å². The zero-order valence-electron chi connectivity index (χ0n) is 25.9. The molecular weight excluding hydrogens is 638 g/mol. The third-order valence-electron chi connectivity index (χ3n) is 8.43. The number of anilines is 1. The van der Waals surface area contributed by atoms with Gasteiger partial charge in [-0.3, -0.25) is 18.8 Å². The van der Waals surface area contributed by atoms with Crippen molar-refractivity contribution in [2.24, 2.45) is 5.73 Å². The predicted octanol–water partition coefficient (Wildman–Crippen LogP) is 3.95. The number of hydrogen-bond donors (Lipinski definition) is 1. The fraction of sp³-hybridized carbons (Fsp3) is 0.333. The molecule has 14 heteroatoms. The van der Waals surface area contributed by atoms with E-state index in [1.165, 1.54) is 13.0 Å². The molecule has 0 radical (unpaired) electrons. The maximum Gasteiger partial charge on any atom is 0.416 e. The molecule has 1 fully saturated rings. The van der Waals surface area contributed by atoms with E-state index in [1.54, 1.807) is 47.4 Å². The van der Waals surface area contributed by atoms with E-state index < -0.39 is 56.8 Å². The molecular formula is C33H35F4N5O4S. The first-order chi connectivity index (χ1) is 22.1. The molecule has 0 saturated carbocycles. The summed E-state index contributed by atoms with van der Waals surface area (Å²) in [4.78, 5) is 31.9. The number of halogens is 4. The first-order valence-electron chi connectivity index (χ1n) is 14.9. The highest BCUT2D eigenvalue weighted by atomic mass is 32.2. The first kappa shape index (κ1) is 34.1. The highest BCUT2D eigenvalue weighted by molar-refractivity contribution is 7.90. The van der Waals surface area contributed by atoms with E-state index in [2.05, 4.69) is 4.90 Å². The molecule has 0 bridgehead atoms. The van der Waals surface area contributed by atoms with Crippen LogP contribution in [-0.2, 0) is 35.6 Å². The third-order valence-corrected chi connectivity index (χ3v) is 9.54. The molecule has 9 nitrogen and oxygen atoms in total. The summed E-state index contributed by atoms with van der Waals surface area (Å²) in [6.07, 6.45) is -3.73. The fourth-order valence-electron chi connectivity index (χ4n) is 5.91. The van der Waals surface area contributed by atoms with Crippen molar-refractivity contribution in [3.8, 4) is 0 Å². The monoisotopic (exact) mass is 673 g/mol. The minimum atomic E-state index is -4.88. The second-order valence-electron chi connectivity index (χ2n) is 11.7. The van der Waals surface area contributed by atoms with Crippen molar-refractivity contribution < 1.29 is 26.0 Å². The lowest BCUT2D eigenvalue weighted by atomic mass is 10.1. The van der Waals surface area contributed by atoms with E-state index in [0.29, 0.717) is 38.3 Å². The summed E-state index contributed by atoms with van der Waals surface area (Å²) in [5.74, 6) is -1.13. The largest absolute Gasteiger partial charge is 0.416 e. The van der Waals surface area contributed by atoms with Crippen LogP contribution in [-0.4, -0.2) is 54.9 Å². The normalized spacial score (nSPS) is 15.2. The SMILES string of the molecule is Cc1c(N2CCN(Cc3cccc(S(C)(=O)=O)c3)CC2)c(=O)n(C[C@@H](N)c2ccccc2)c(=O)n1Cc1c(F)cccc1C(F)(F)F. The van der Waals surface area contributed by atoms with Crippen LogP contribution in [0.15, 0.2) is 87.3 Å². The van der Waals surface area contributed by atoms with E-state index in [9.17, 15) is 35.6 Å². The smallest absolute Gasteiger partial charge is 0.363 e. The van der Waals surface area contributed by atoms with E-state index in [4.69, 9.17) is 5.73 Å². The molecule has 0 unspecified atom stereocenters. The number of sulfone groups is 1. The van der Waals surface area contributed by atoms with Crippen LogP contribution >= 0.6 is 0 Å². The lowest BCUT2D eigenvalue weighted by molar-refractivity contribution is -0.138. The molecule has 0 amide bonds. The predicted molar refractivity (Wildman–Crippen MR) is 171 cm³/mol. The maximum atomic E-state index is 15.0. The lowest BCUT2D eigenvalue weighted by Crippen LogP contribution is -2.51. The summed E-state index contributed by atoms with van der Waals surface area (Å²) in [5.41, 5.74) is 4.60. The van der Waals surface area contributed by atoms with Gasteiger partial charge in [-0.15, -0.1) is 0 Å². The fourth-order valence-corrected chi connectivity index (χ4v) is 6.60. The van der Waals surface area contributed by atoms with Crippen LogP contribution in [0.4, 0.5) is 23.2 Å². The standard InChI is InChI=1S/C33H35F4N5O4S/c1-22-30(40-16-14-39(15-17-40)19-23-8-6-11-25(18-23)47(2,45)46)31(43)42(21-29(38)24-9-4-3-5-10-24)32(44)41(22)20-26-27(33(35,36)37)12-7-13-28(26)34/h3-13,18,29H,14-17,19-21,38H2,1-2H3/t29-/m1/s1. The number of piperazine rings is 1. The van der Waals surface area contributed by atoms with Crippen molar-refractivity contribution in [2.45, 2.75) is 43.7 Å². The number of aromatic nitrogens is 2. The van der Waals surface area contributed by atoms with Crippen LogP contribution in [0.25, 0.3) is 0 Å². The Morgan fingerprint density at radius 2 is 1.53 bits per heavy atom. The van der Waals surface area contributed by atoms with Gasteiger partial charge in [0.2, 0.25) is 0 Å². The quantitative estimate of drug-likeness (QED) is 0.268. The number of alkyl halides is 3. The van der Waals surface area contributed by atoms with Crippen molar-refractivity contribution in [3.05, 3.63) is 127 Å². The van der Waals surface area contributed by atoms with Gasteiger partial charge in [0.25, 0.3) is 5.56 Å². The number of nitrogens with zero attached hydrogens (tertiary/aromatic N) is 4. The van der Waals surface area contributed by atoms with Crippen LogP contribution in [0, 0.1) is 12.7 Å². The van der Waals surface area contributed by atoms with Gasteiger partial charge in [0, 0.05) is 56.3 Å². The average Bonchev–Trinajstić information content (AvgIpc) is 3.02. The van der Waals surface area contributed by atoms with Crippen LogP contribution in [0.3, 0.4) is 0 Å². The van der Waals surface area contributed by atoms with Crippen molar-refractivity contribution in [3.63, 3.8) is 0 Å². The van der Waals surface area contributed by atoms with Crippen LogP contribution in [0.2, 0.25) is 0 Å². The van der Waals surface area contributed by atoms with Gasteiger partial charge >= 0.3 is 11.9 Å². The summed E-state index contributed by atoms with van der Waals surface area (Å²) in [5, 5.41) is 0. The molecule has 1 aromatic heterocycles. The van der Waals surface area contributed by atoms with Crippen molar-refractivity contribution in [1.29, 1.82) is 0 Å². The molecule has 0 spiro atoms. The number of hydrogen-bond acceptors (Lipinski definition) is 7. The molecule has 2 N–H and O–H groups in total. The Kier molecular flexibility index (Phi) is 9.75. The number of benzene rings is 3. The molecule has 3 aromatic carbocycles. The minimum Gasteiger partial charge on any atom is -0.363 e. The van der Waals surface area contributed by atoms with Gasteiger partial charge in [-0.25, -0.2) is 17.6 Å². The number of rotatable bonds is 9. The molecule has 1 saturated heterocycles. The molecule has 0 aliphatic carbocycles. The van der Waals surface area contributed by atoms with Crippen molar-refractivity contribution in [1.82, 2.24) is 14.0 Å². The lowest BCUT2D eigenvalue weighted by Gasteiger charge is -2.37. The Balaban J connectivity index is 1.51. The average molecular weight is 674 g/mol. The summed E-state index contributed by atoms with van der Waals surface area (Å²) in [6.45, 7) is 2.52. The topological polar surface area (TPSA) is 111 Å². The Labute approximate surface area is 269 Å². The molecule has 47 heavy (non-hydrogen) atoms. The molecule has 1 aliphatic rings. The number of nitrogens with two attached hydrogens (primary N) is 1. The van der Waals surface area contributed by atoms with Crippen molar-refractivity contribution >= 4 is 15.5 Å². The van der Waals surface area contributed by atoms with Crippen LogP contribution in [0.5, 0.6) is 0 Å². The molecule has 2 heterocycles. The highest BCUT2D eigenvalue weighted by Gasteiger charge is 2.35. The summed E-state index contributed by atoms with van der Waals surface area (Å²) < 4.78 is 82.6. The van der Waals surface area contributed by atoms with E-state index >= 15 is 0 Å². The summed E-state index contributed by atoms with van der Waals surface area (Å²) >= 11 is 0. The molecule has 4 aromatic rings. The molecule has 1 aliphatic heterocycles. The Morgan fingerprint density at radius 1 is 0.872 bits per heavy atom. The van der Waals surface area contributed by atoms with Gasteiger partial charge in [0.05, 0.1) is 23.5 Å². The Hall–Kier alpha value is -4.27. The molecule has 5 rings (SSSR count). The summed E-state index contributed by atoms with van der Waals surface area (Å²) in [6, 6.07) is 17.3. The Morgan fingerprint density at radius 3 is 2.17 bits per heavy atom. The second-order valence-corrected chi connectivity index (χ2v) is 13.7. The zero-order chi connectivity index (χ0) is 34.1. The van der Waals surface area contributed by atoms with Crippen molar-refractivity contribution in [2.75, 3.05) is 37.3 Å². The zero-order valence-corrected chi connectivity index (χ0v) is 26.7. The minimum absolute atomic E-state index is 0.107. The van der Waals surface area contributed by atoms with Gasteiger partial charge in [0.1, 0.15) is 11.5 Å². The van der Waals surface area contributed by atoms with Crippen LogP contribution < -0.4 is 21.9 Å². The highest BCUT2D eigenvalue weighted by Crippen LogP contribution is 2.33. The van der Waals surface area contributed by atoms with Gasteiger partial charge in [0.15, 0.2) is 9.84 Å².